The summed E-state index contributed by atoms with van der Waals surface area (Å²) in [7, 11) is 0. The summed E-state index contributed by atoms with van der Waals surface area (Å²) in [6, 6.07) is 5.39. The average molecular weight is 413 g/mol. The fourth-order valence-electron chi connectivity index (χ4n) is 2.56. The lowest BCUT2D eigenvalue weighted by molar-refractivity contribution is -0.00177. The maximum absolute atomic E-state index is 14.0. The van der Waals surface area contributed by atoms with Crippen molar-refractivity contribution in [1.82, 2.24) is 15.3 Å². The molecule has 6 N–H and O–H groups in total. The number of carbonyl (C=O) groups excluding carboxylic acids is 1. The van der Waals surface area contributed by atoms with Crippen LogP contribution in [-0.4, -0.2) is 45.3 Å². The van der Waals surface area contributed by atoms with Crippen LogP contribution in [0.15, 0.2) is 24.5 Å². The summed E-state index contributed by atoms with van der Waals surface area (Å²) >= 11 is 0. The van der Waals surface area contributed by atoms with Crippen LogP contribution in [0.4, 0.5) is 27.4 Å². The number of hydrogen-bond acceptors (Lipinski definition) is 8. The predicted octanol–water partition coefficient (Wildman–Crippen LogP) is 2.09. The number of alkyl halides is 1. The first kappa shape index (κ1) is 21.3. The number of aliphatic hydroxyl groups is 1. The molecule has 2 heterocycles. The third-order valence-corrected chi connectivity index (χ3v) is 4.61. The molecule has 1 aliphatic rings. The molecule has 1 aliphatic carbocycles. The minimum Gasteiger partial charge on any atom is -0.398 e. The van der Waals surface area contributed by atoms with E-state index >= 15 is 0 Å². The van der Waals surface area contributed by atoms with Gasteiger partial charge in [-0.2, -0.15) is 5.26 Å². The fraction of sp³-hybridized carbons (Fsp3) is 0.400. The van der Waals surface area contributed by atoms with Crippen LogP contribution < -0.4 is 21.7 Å². The van der Waals surface area contributed by atoms with E-state index in [9.17, 15) is 14.3 Å². The number of rotatable bonds is 8. The van der Waals surface area contributed by atoms with Gasteiger partial charge in [0.25, 0.3) is 5.91 Å². The van der Waals surface area contributed by atoms with Crippen LogP contribution in [0.1, 0.15) is 42.6 Å². The van der Waals surface area contributed by atoms with E-state index < -0.39 is 17.7 Å². The molecule has 1 amide bonds. The van der Waals surface area contributed by atoms with E-state index in [2.05, 4.69) is 25.9 Å². The number of carbonyl (C=O) groups is 1. The van der Waals surface area contributed by atoms with Crippen LogP contribution in [0.2, 0.25) is 0 Å². The van der Waals surface area contributed by atoms with Gasteiger partial charge in [-0.15, -0.1) is 0 Å². The van der Waals surface area contributed by atoms with E-state index in [4.69, 9.17) is 11.0 Å². The molecule has 158 valence electrons. The summed E-state index contributed by atoms with van der Waals surface area (Å²) in [6.07, 6.45) is 3.12. The molecule has 0 saturated heterocycles. The van der Waals surface area contributed by atoms with Gasteiger partial charge in [0, 0.05) is 30.6 Å². The number of anilines is 4. The molecule has 0 spiro atoms. The van der Waals surface area contributed by atoms with Crippen LogP contribution in [0.3, 0.4) is 0 Å². The Morgan fingerprint density at radius 2 is 2.03 bits per heavy atom. The molecule has 0 bridgehead atoms. The standard InChI is InChI=1S/C20H24FN7O2/c1-20(2,30)16(21)10-26-19(29)13-9-25-18(6-15(13)27-12-3-4-12)28-17-5-14(23)11(7-22)8-24-17/h5-6,8-9,12,16,30H,3-4,10H2,1-2H3,(H,26,29)(H4,23,24,25,27,28)/t16-/m1/s1. The smallest absolute Gasteiger partial charge is 0.255 e. The highest BCUT2D eigenvalue weighted by Crippen LogP contribution is 2.29. The molecule has 2 aromatic rings. The first-order valence-corrected chi connectivity index (χ1v) is 9.51. The molecule has 1 fully saturated rings. The van der Waals surface area contributed by atoms with Gasteiger partial charge in [-0.1, -0.05) is 0 Å². The van der Waals surface area contributed by atoms with Crippen molar-refractivity contribution in [2.75, 3.05) is 22.9 Å². The maximum Gasteiger partial charge on any atom is 0.255 e. The van der Waals surface area contributed by atoms with Crippen LogP contribution in [0, 0.1) is 11.3 Å². The summed E-state index contributed by atoms with van der Waals surface area (Å²) < 4.78 is 14.0. The normalized spacial score (nSPS) is 14.5. The molecular weight excluding hydrogens is 389 g/mol. The van der Waals surface area contributed by atoms with Crippen LogP contribution in [-0.2, 0) is 0 Å². The van der Waals surface area contributed by atoms with E-state index in [1.807, 2.05) is 6.07 Å². The van der Waals surface area contributed by atoms with Crippen LogP contribution in [0.25, 0.3) is 0 Å². The molecule has 3 rings (SSSR count). The zero-order valence-electron chi connectivity index (χ0n) is 16.7. The van der Waals surface area contributed by atoms with E-state index in [0.717, 1.165) is 12.8 Å². The number of nitriles is 1. The Morgan fingerprint density at radius 1 is 1.37 bits per heavy atom. The van der Waals surface area contributed by atoms with Gasteiger partial charge in [0.1, 0.15) is 23.9 Å². The van der Waals surface area contributed by atoms with Gasteiger partial charge in [-0.05, 0) is 26.7 Å². The minimum atomic E-state index is -1.61. The fourth-order valence-corrected chi connectivity index (χ4v) is 2.56. The Hall–Kier alpha value is -3.45. The van der Waals surface area contributed by atoms with Gasteiger partial charge < -0.3 is 26.8 Å². The number of nitrogens with one attached hydrogen (secondary N) is 3. The number of hydrogen-bond donors (Lipinski definition) is 5. The van der Waals surface area contributed by atoms with Crippen molar-refractivity contribution in [2.45, 2.75) is 44.5 Å². The molecule has 0 radical (unpaired) electrons. The van der Waals surface area contributed by atoms with Gasteiger partial charge in [-0.3, -0.25) is 4.79 Å². The summed E-state index contributed by atoms with van der Waals surface area (Å²) in [5.41, 5.74) is 5.63. The van der Waals surface area contributed by atoms with Gasteiger partial charge >= 0.3 is 0 Å². The highest BCUT2D eigenvalue weighted by molar-refractivity contribution is 6.00. The van der Waals surface area contributed by atoms with E-state index in [0.29, 0.717) is 17.3 Å². The van der Waals surface area contributed by atoms with Gasteiger partial charge in [-0.25, -0.2) is 14.4 Å². The minimum absolute atomic E-state index is 0.265. The Morgan fingerprint density at radius 3 is 2.63 bits per heavy atom. The van der Waals surface area contributed by atoms with E-state index in [1.54, 1.807) is 6.07 Å². The third kappa shape index (κ3) is 5.33. The third-order valence-electron chi connectivity index (χ3n) is 4.61. The zero-order valence-corrected chi connectivity index (χ0v) is 16.7. The average Bonchev–Trinajstić information content (AvgIpc) is 3.49. The maximum atomic E-state index is 14.0. The summed E-state index contributed by atoms with van der Waals surface area (Å²) in [6.45, 7) is 2.37. The predicted molar refractivity (Wildman–Crippen MR) is 111 cm³/mol. The Labute approximate surface area is 173 Å². The van der Waals surface area contributed by atoms with Gasteiger partial charge in [0.2, 0.25) is 0 Å². The molecule has 0 unspecified atom stereocenters. The van der Waals surface area contributed by atoms with Gasteiger partial charge in [0.05, 0.1) is 34.6 Å². The molecule has 10 heteroatoms. The molecule has 1 atom stereocenters. The molecule has 30 heavy (non-hydrogen) atoms. The largest absolute Gasteiger partial charge is 0.398 e. The van der Waals surface area contributed by atoms with Crippen LogP contribution in [0.5, 0.6) is 0 Å². The molecule has 2 aromatic heterocycles. The SMILES string of the molecule is CC(C)(O)[C@H](F)CNC(=O)c1cnc(Nc2cc(N)c(C#N)cn2)cc1NC1CC1. The summed E-state index contributed by atoms with van der Waals surface area (Å²) in [5.74, 6) is 0.329. The van der Waals surface area contributed by atoms with Crippen molar-refractivity contribution >= 4 is 28.9 Å². The van der Waals surface area contributed by atoms with Crippen molar-refractivity contribution in [3.63, 3.8) is 0 Å². The number of nitrogens with zero attached hydrogens (tertiary/aromatic N) is 3. The quantitative estimate of drug-likeness (QED) is 0.442. The highest BCUT2D eigenvalue weighted by Gasteiger charge is 2.28. The second-order valence-electron chi connectivity index (χ2n) is 7.76. The molecule has 0 aromatic carbocycles. The Balaban J connectivity index is 1.77. The van der Waals surface area contributed by atoms with Crippen LogP contribution >= 0.6 is 0 Å². The van der Waals surface area contributed by atoms with Crippen molar-refractivity contribution < 1.29 is 14.3 Å². The van der Waals surface area contributed by atoms with Crippen molar-refractivity contribution in [1.29, 1.82) is 5.26 Å². The van der Waals surface area contributed by atoms with Crippen molar-refractivity contribution in [3.8, 4) is 6.07 Å². The first-order valence-electron chi connectivity index (χ1n) is 9.51. The first-order chi connectivity index (χ1) is 14.2. The number of nitrogens with two attached hydrogens (primary N) is 1. The van der Waals surface area contributed by atoms with E-state index in [1.165, 1.54) is 32.3 Å². The number of aromatic nitrogens is 2. The number of amides is 1. The summed E-state index contributed by atoms with van der Waals surface area (Å²) in [4.78, 5) is 20.9. The summed E-state index contributed by atoms with van der Waals surface area (Å²) in [5, 5.41) is 27.4. The van der Waals surface area contributed by atoms with Crippen molar-refractivity contribution in [2.24, 2.45) is 0 Å². The lowest BCUT2D eigenvalue weighted by Gasteiger charge is -2.22. The lowest BCUT2D eigenvalue weighted by atomic mass is 10.0. The van der Waals surface area contributed by atoms with Gasteiger partial charge in [0.15, 0.2) is 0 Å². The molecule has 9 nitrogen and oxygen atoms in total. The number of pyridine rings is 2. The second-order valence-corrected chi connectivity index (χ2v) is 7.76. The zero-order chi connectivity index (χ0) is 21.9. The topological polar surface area (TPSA) is 149 Å². The highest BCUT2D eigenvalue weighted by atomic mass is 19.1. The second kappa shape index (κ2) is 8.51. The number of nitrogen functional groups attached to an aromatic ring is 1. The molecule has 1 saturated carbocycles. The lowest BCUT2D eigenvalue weighted by Crippen LogP contribution is -2.42. The van der Waals surface area contributed by atoms with Crippen molar-refractivity contribution in [3.05, 3.63) is 35.7 Å². The Bertz CT molecular complexity index is 980. The molecule has 0 aliphatic heterocycles. The molecular formula is C20H24FN7O2. The monoisotopic (exact) mass is 413 g/mol. The number of halogens is 1. The Kier molecular flexibility index (Phi) is 6.03. The van der Waals surface area contributed by atoms with E-state index in [-0.39, 0.29) is 29.4 Å².